The molecule has 0 saturated carbocycles. The summed E-state index contributed by atoms with van der Waals surface area (Å²) in [5.41, 5.74) is 3.50. The molecule has 2 aromatic carbocycles. The van der Waals surface area contributed by atoms with Crippen molar-refractivity contribution in [3.8, 4) is 11.4 Å². The van der Waals surface area contributed by atoms with E-state index in [2.05, 4.69) is 35.1 Å². The second kappa shape index (κ2) is 7.21. The first-order chi connectivity index (χ1) is 14.2. The van der Waals surface area contributed by atoms with E-state index < -0.39 is 0 Å². The first-order valence-corrected chi connectivity index (χ1v) is 10.1. The fraction of sp³-hybridized carbons (Fsp3) is 0.143. The molecule has 1 atom stereocenters. The van der Waals surface area contributed by atoms with Crippen LogP contribution >= 0.6 is 11.8 Å². The van der Waals surface area contributed by atoms with Crippen LogP contribution in [0.15, 0.2) is 79.8 Å². The molecular weight excluding hydrogens is 382 g/mol. The molecule has 0 saturated heterocycles. The van der Waals surface area contributed by atoms with E-state index in [1.54, 1.807) is 0 Å². The van der Waals surface area contributed by atoms with Gasteiger partial charge in [0.25, 0.3) is 0 Å². The van der Waals surface area contributed by atoms with E-state index in [-0.39, 0.29) is 5.37 Å². The molecule has 142 valence electrons. The number of fused-ring (bicyclic) bond motifs is 2. The Balaban J connectivity index is 1.41. The zero-order chi connectivity index (χ0) is 19.8. The quantitative estimate of drug-likeness (QED) is 0.542. The lowest BCUT2D eigenvalue weighted by Crippen LogP contribution is -2.33. The molecule has 7 nitrogen and oxygen atoms in total. The molecule has 29 heavy (non-hydrogen) atoms. The number of thioether (sulfide) groups is 1. The number of hydrogen-bond donors (Lipinski definition) is 1. The van der Waals surface area contributed by atoms with E-state index in [0.29, 0.717) is 11.0 Å². The van der Waals surface area contributed by atoms with Crippen molar-refractivity contribution < 1.29 is 0 Å². The van der Waals surface area contributed by atoms with Crippen LogP contribution in [0.5, 0.6) is 0 Å². The predicted octanol–water partition coefficient (Wildman–Crippen LogP) is 2.89. The molecule has 0 bridgehead atoms. The Morgan fingerprint density at radius 2 is 1.76 bits per heavy atom. The number of nitrogens with one attached hydrogen (secondary N) is 1. The van der Waals surface area contributed by atoms with Gasteiger partial charge in [0.2, 0.25) is 5.17 Å². The molecule has 2 aliphatic rings. The SMILES string of the molecule is C/C(=N\N=C1\N=C2N=c3ccccc3=NC2S1)c1nc(-c2ccccc2)[nH]c1C. The summed E-state index contributed by atoms with van der Waals surface area (Å²) in [6, 6.07) is 17.8. The number of aromatic nitrogens is 2. The van der Waals surface area contributed by atoms with Crippen molar-refractivity contribution in [3.05, 3.63) is 76.7 Å². The molecule has 1 aromatic heterocycles. The number of hydrogen-bond acceptors (Lipinski definition) is 6. The average Bonchev–Trinajstić information content (AvgIpc) is 3.33. The standard InChI is InChI=1S/C21H17N7S/c1-12-17(25-18(22-12)14-8-4-3-5-9-14)13(2)27-28-21-26-19-20(29-21)24-16-11-7-6-10-15(16)23-19/h3-11,20H,1-2H3,(H,22,25)/b27-13+,28-21-. The normalized spacial score (nSPS) is 19.2. The number of aryl methyl sites for hydroxylation is 1. The number of aromatic amines is 1. The van der Waals surface area contributed by atoms with E-state index in [0.717, 1.165) is 39.2 Å². The third kappa shape index (κ3) is 3.42. The zero-order valence-electron chi connectivity index (χ0n) is 15.9. The molecule has 0 aliphatic carbocycles. The molecule has 3 aromatic rings. The van der Waals surface area contributed by atoms with Crippen LogP contribution in [0.25, 0.3) is 11.4 Å². The lowest BCUT2D eigenvalue weighted by molar-refractivity contribution is 1.04. The van der Waals surface area contributed by atoms with Gasteiger partial charge in [-0.2, -0.15) is 5.10 Å². The highest BCUT2D eigenvalue weighted by atomic mass is 32.2. The van der Waals surface area contributed by atoms with Gasteiger partial charge in [-0.25, -0.2) is 15.0 Å². The first-order valence-electron chi connectivity index (χ1n) is 9.19. The second-order valence-electron chi connectivity index (χ2n) is 6.66. The van der Waals surface area contributed by atoms with Crippen molar-refractivity contribution in [2.24, 2.45) is 25.2 Å². The Bertz CT molecular complexity index is 1300. The van der Waals surface area contributed by atoms with Crippen LogP contribution in [-0.2, 0) is 0 Å². The van der Waals surface area contributed by atoms with Crippen LogP contribution in [0.2, 0.25) is 0 Å². The summed E-state index contributed by atoms with van der Waals surface area (Å²) in [6.45, 7) is 3.88. The molecular formula is C21H17N7S. The van der Waals surface area contributed by atoms with Gasteiger partial charge in [0.1, 0.15) is 11.5 Å². The van der Waals surface area contributed by atoms with Crippen molar-refractivity contribution in [1.29, 1.82) is 0 Å². The Kier molecular flexibility index (Phi) is 4.40. The van der Waals surface area contributed by atoms with Gasteiger partial charge in [-0.1, -0.05) is 42.5 Å². The van der Waals surface area contributed by atoms with Crippen LogP contribution in [0.1, 0.15) is 18.3 Å². The molecule has 8 heteroatoms. The number of nitrogens with zero attached hydrogens (tertiary/aromatic N) is 6. The average molecular weight is 399 g/mol. The third-order valence-electron chi connectivity index (χ3n) is 4.58. The summed E-state index contributed by atoms with van der Waals surface area (Å²) < 4.78 is 0. The fourth-order valence-electron chi connectivity index (χ4n) is 3.17. The van der Waals surface area contributed by atoms with E-state index in [1.807, 2.05) is 68.4 Å². The monoisotopic (exact) mass is 399 g/mol. The fourth-order valence-corrected chi connectivity index (χ4v) is 3.98. The molecule has 3 heterocycles. The summed E-state index contributed by atoms with van der Waals surface area (Å²) in [6.07, 6.45) is 0. The van der Waals surface area contributed by atoms with Crippen LogP contribution in [0, 0.1) is 6.92 Å². The van der Waals surface area contributed by atoms with Gasteiger partial charge in [0.05, 0.1) is 16.4 Å². The lowest BCUT2D eigenvalue weighted by atomic mass is 10.2. The van der Waals surface area contributed by atoms with Crippen molar-refractivity contribution >= 4 is 28.5 Å². The van der Waals surface area contributed by atoms with Crippen LogP contribution in [0.4, 0.5) is 0 Å². The Hall–Kier alpha value is -3.39. The predicted molar refractivity (Wildman–Crippen MR) is 116 cm³/mol. The number of para-hydroxylation sites is 2. The van der Waals surface area contributed by atoms with E-state index in [9.17, 15) is 0 Å². The molecule has 2 aliphatic heterocycles. The Labute approximate surface area is 171 Å². The Morgan fingerprint density at radius 3 is 2.59 bits per heavy atom. The van der Waals surface area contributed by atoms with Crippen LogP contribution in [0.3, 0.4) is 0 Å². The minimum atomic E-state index is -0.157. The lowest BCUT2D eigenvalue weighted by Gasteiger charge is -2.05. The number of benzene rings is 2. The van der Waals surface area contributed by atoms with Crippen LogP contribution in [-0.4, -0.2) is 32.1 Å². The first kappa shape index (κ1) is 17.7. The topological polar surface area (TPSA) is 90.5 Å². The highest BCUT2D eigenvalue weighted by molar-refractivity contribution is 8.15. The van der Waals surface area contributed by atoms with Crippen molar-refractivity contribution in [1.82, 2.24) is 9.97 Å². The highest BCUT2D eigenvalue weighted by Crippen LogP contribution is 2.26. The maximum absolute atomic E-state index is 4.69. The molecule has 1 N–H and O–H groups in total. The van der Waals surface area contributed by atoms with Gasteiger partial charge in [0, 0.05) is 11.3 Å². The van der Waals surface area contributed by atoms with Crippen LogP contribution < -0.4 is 10.7 Å². The van der Waals surface area contributed by atoms with Crippen molar-refractivity contribution in [3.63, 3.8) is 0 Å². The number of aliphatic imine (C=N–C) groups is 1. The van der Waals surface area contributed by atoms with E-state index in [4.69, 9.17) is 0 Å². The van der Waals surface area contributed by atoms with Gasteiger partial charge in [-0.3, -0.25) is 4.99 Å². The molecule has 0 radical (unpaired) electrons. The second-order valence-corrected chi connectivity index (χ2v) is 7.71. The molecule has 0 fully saturated rings. The molecule has 1 unspecified atom stereocenters. The zero-order valence-corrected chi connectivity index (χ0v) is 16.7. The Morgan fingerprint density at radius 1 is 1.00 bits per heavy atom. The van der Waals surface area contributed by atoms with Crippen molar-refractivity contribution in [2.45, 2.75) is 19.2 Å². The molecule has 0 amide bonds. The maximum Gasteiger partial charge on any atom is 0.213 e. The minimum Gasteiger partial charge on any atom is -0.342 e. The van der Waals surface area contributed by atoms with Gasteiger partial charge < -0.3 is 4.98 Å². The van der Waals surface area contributed by atoms with Gasteiger partial charge >= 0.3 is 0 Å². The number of rotatable bonds is 3. The summed E-state index contributed by atoms with van der Waals surface area (Å²) in [5, 5.41) is 10.8. The molecule has 5 rings (SSSR count). The van der Waals surface area contributed by atoms with Crippen molar-refractivity contribution in [2.75, 3.05) is 0 Å². The third-order valence-corrected chi connectivity index (χ3v) is 5.50. The largest absolute Gasteiger partial charge is 0.342 e. The smallest absolute Gasteiger partial charge is 0.213 e. The van der Waals surface area contributed by atoms with Gasteiger partial charge in [-0.15, -0.1) is 5.10 Å². The summed E-state index contributed by atoms with van der Waals surface area (Å²) in [7, 11) is 0. The van der Waals surface area contributed by atoms with E-state index >= 15 is 0 Å². The highest BCUT2D eigenvalue weighted by Gasteiger charge is 2.27. The number of amidine groups is 2. The summed E-state index contributed by atoms with van der Waals surface area (Å²) >= 11 is 1.45. The maximum atomic E-state index is 4.69. The number of H-pyrrole nitrogens is 1. The molecule has 0 spiro atoms. The summed E-state index contributed by atoms with van der Waals surface area (Å²) in [5.74, 6) is 1.49. The van der Waals surface area contributed by atoms with E-state index in [1.165, 1.54) is 11.8 Å². The van der Waals surface area contributed by atoms with Gasteiger partial charge in [-0.05, 0) is 37.7 Å². The number of imidazole rings is 1. The van der Waals surface area contributed by atoms with Gasteiger partial charge in [0.15, 0.2) is 11.2 Å². The summed E-state index contributed by atoms with van der Waals surface area (Å²) in [4.78, 5) is 21.8. The minimum absolute atomic E-state index is 0.157.